The Morgan fingerprint density at radius 1 is 1.23 bits per heavy atom. The fraction of sp³-hybridized carbons (Fsp3) is 0.474. The fourth-order valence-corrected chi connectivity index (χ4v) is 3.56. The number of pyridine rings is 1. The van der Waals surface area contributed by atoms with Crippen LogP contribution in [0.3, 0.4) is 0 Å². The number of alkyl halides is 1. The van der Waals surface area contributed by atoms with Crippen molar-refractivity contribution in [3.63, 3.8) is 0 Å². The number of halogens is 3. The summed E-state index contributed by atoms with van der Waals surface area (Å²) in [6.45, 7) is 7.13. The summed E-state index contributed by atoms with van der Waals surface area (Å²) < 4.78 is 6.08. The van der Waals surface area contributed by atoms with E-state index in [-0.39, 0.29) is 11.8 Å². The van der Waals surface area contributed by atoms with Gasteiger partial charge in [0.2, 0.25) is 0 Å². The zero-order valence-corrected chi connectivity index (χ0v) is 20.2. The first-order valence-corrected chi connectivity index (χ1v) is 11.0. The highest BCUT2D eigenvalue weighted by Gasteiger charge is 2.30. The highest BCUT2D eigenvalue weighted by Crippen LogP contribution is 2.38. The van der Waals surface area contributed by atoms with Crippen molar-refractivity contribution in [3.05, 3.63) is 37.9 Å². The zero-order valence-electron chi connectivity index (χ0n) is 17.1. The van der Waals surface area contributed by atoms with E-state index in [0.29, 0.717) is 52.3 Å². The van der Waals surface area contributed by atoms with Crippen LogP contribution in [0.4, 0.5) is 16.2 Å². The highest BCUT2D eigenvalue weighted by molar-refractivity contribution is 9.10. The van der Waals surface area contributed by atoms with Crippen molar-refractivity contribution in [1.29, 1.82) is 0 Å². The number of anilines is 1. The van der Waals surface area contributed by atoms with Gasteiger partial charge in [0.15, 0.2) is 0 Å². The number of nitro groups is 1. The number of rotatable bonds is 2. The van der Waals surface area contributed by atoms with E-state index in [1.54, 1.807) is 17.0 Å². The molecular formula is C19H23BrCl2N4O4. The number of benzene rings is 1. The van der Waals surface area contributed by atoms with Crippen molar-refractivity contribution in [3.8, 4) is 0 Å². The summed E-state index contributed by atoms with van der Waals surface area (Å²) in [6, 6.07) is 3.42. The number of amides is 1. The number of carbonyl (C=O) groups is 1. The molecule has 3 rings (SSSR count). The van der Waals surface area contributed by atoms with Gasteiger partial charge in [-0.3, -0.25) is 10.1 Å². The second-order valence-corrected chi connectivity index (χ2v) is 8.75. The number of ether oxygens (including phenoxy) is 1. The van der Waals surface area contributed by atoms with Crippen molar-refractivity contribution in [2.24, 2.45) is 0 Å². The smallest absolute Gasteiger partial charge is 0.410 e. The van der Waals surface area contributed by atoms with Gasteiger partial charge in [-0.2, -0.15) is 0 Å². The molecule has 1 aromatic heterocycles. The molecule has 164 valence electrons. The molecule has 1 saturated heterocycles. The molecule has 0 radical (unpaired) electrons. The second-order valence-electron chi connectivity index (χ2n) is 7.49. The average molecular weight is 522 g/mol. The Balaban J connectivity index is 0.00000155. The molecule has 1 aliphatic heterocycles. The van der Waals surface area contributed by atoms with Gasteiger partial charge >= 0.3 is 11.8 Å². The Morgan fingerprint density at radius 3 is 2.37 bits per heavy atom. The monoisotopic (exact) mass is 520 g/mol. The van der Waals surface area contributed by atoms with Crippen LogP contribution in [-0.2, 0) is 4.74 Å². The first-order valence-electron chi connectivity index (χ1n) is 9.09. The lowest BCUT2D eigenvalue weighted by Crippen LogP contribution is -2.50. The van der Waals surface area contributed by atoms with Gasteiger partial charge in [0.1, 0.15) is 17.5 Å². The Hall–Kier alpha value is -1.84. The Morgan fingerprint density at radius 2 is 1.83 bits per heavy atom. The minimum Gasteiger partial charge on any atom is -0.444 e. The van der Waals surface area contributed by atoms with Crippen molar-refractivity contribution in [2.45, 2.75) is 26.4 Å². The van der Waals surface area contributed by atoms with Crippen LogP contribution >= 0.6 is 39.1 Å². The predicted octanol–water partition coefficient (Wildman–Crippen LogP) is 5.47. The van der Waals surface area contributed by atoms with E-state index in [0.717, 1.165) is 0 Å². The number of nitrogens with zero attached hydrogens (tertiary/aromatic N) is 4. The molecule has 0 aliphatic carbocycles. The zero-order chi connectivity index (χ0) is 22.6. The van der Waals surface area contributed by atoms with Crippen LogP contribution in [0.5, 0.6) is 0 Å². The van der Waals surface area contributed by atoms with Crippen LogP contribution in [0.25, 0.3) is 10.9 Å². The maximum Gasteiger partial charge on any atom is 0.410 e. The maximum atomic E-state index is 12.3. The summed E-state index contributed by atoms with van der Waals surface area (Å²) in [7, 11) is 0. The van der Waals surface area contributed by atoms with E-state index >= 15 is 0 Å². The summed E-state index contributed by atoms with van der Waals surface area (Å²) >= 11 is 14.2. The van der Waals surface area contributed by atoms with Crippen LogP contribution in [0.2, 0.25) is 5.02 Å². The van der Waals surface area contributed by atoms with E-state index in [1.807, 2.05) is 25.7 Å². The van der Waals surface area contributed by atoms with Gasteiger partial charge in [0, 0.05) is 42.4 Å². The molecule has 30 heavy (non-hydrogen) atoms. The SMILES string of the molecule is CC(C)(C)OC(=O)N1CCN(c2c([N+](=O)[O-])cnc3cc(Br)c(Cl)cc23)CC1.CCl. The number of piperazine rings is 1. The third kappa shape index (κ3) is 5.65. The number of aromatic nitrogens is 1. The quantitative estimate of drug-likeness (QED) is 0.295. The Kier molecular flexibility index (Phi) is 8.13. The number of hydrogen-bond acceptors (Lipinski definition) is 6. The summed E-state index contributed by atoms with van der Waals surface area (Å²) in [5, 5.41) is 12.7. The van der Waals surface area contributed by atoms with Gasteiger partial charge in [0.05, 0.1) is 15.5 Å². The standard InChI is InChI=1S/C18H20BrClN4O4.CH3Cl/c1-18(2,3)28-17(25)23-6-4-22(5-7-23)16-11-8-13(20)12(19)9-14(11)21-10-15(16)24(26)27;1-2/h8-10H,4-7H2,1-3H3;1H3. The molecule has 8 nitrogen and oxygen atoms in total. The van der Waals surface area contributed by atoms with E-state index < -0.39 is 10.5 Å². The molecule has 1 aliphatic rings. The van der Waals surface area contributed by atoms with Crippen molar-refractivity contribution in [1.82, 2.24) is 9.88 Å². The fourth-order valence-electron chi connectivity index (χ4n) is 3.07. The van der Waals surface area contributed by atoms with Crippen LogP contribution < -0.4 is 4.90 Å². The molecule has 0 bridgehead atoms. The Bertz CT molecular complexity index is 944. The van der Waals surface area contributed by atoms with Crippen molar-refractivity contribution in [2.75, 3.05) is 37.5 Å². The first-order chi connectivity index (χ1) is 14.1. The van der Waals surface area contributed by atoms with E-state index in [4.69, 9.17) is 16.3 Å². The molecule has 11 heteroatoms. The van der Waals surface area contributed by atoms with Crippen LogP contribution in [0, 0.1) is 10.1 Å². The van der Waals surface area contributed by atoms with Gasteiger partial charge in [-0.15, -0.1) is 11.6 Å². The van der Waals surface area contributed by atoms with Gasteiger partial charge in [0.25, 0.3) is 0 Å². The number of carbonyl (C=O) groups excluding carboxylic acids is 1. The molecule has 0 atom stereocenters. The van der Waals surface area contributed by atoms with E-state index in [9.17, 15) is 14.9 Å². The second kappa shape index (κ2) is 9.98. The largest absolute Gasteiger partial charge is 0.444 e. The maximum absolute atomic E-state index is 12.3. The van der Waals surface area contributed by atoms with E-state index in [1.165, 1.54) is 12.6 Å². The molecule has 2 aromatic rings. The molecular weight excluding hydrogens is 499 g/mol. The number of hydrogen-bond donors (Lipinski definition) is 0. The minimum absolute atomic E-state index is 0.0865. The van der Waals surface area contributed by atoms with Gasteiger partial charge in [-0.1, -0.05) is 11.6 Å². The first kappa shape index (κ1) is 24.4. The average Bonchev–Trinajstić information content (AvgIpc) is 2.68. The molecule has 0 saturated carbocycles. The highest BCUT2D eigenvalue weighted by atomic mass is 79.9. The summed E-state index contributed by atoms with van der Waals surface area (Å²) in [5.74, 6) is 0. The molecule has 2 heterocycles. The van der Waals surface area contributed by atoms with Crippen LogP contribution in [-0.4, -0.2) is 59.1 Å². The lowest BCUT2D eigenvalue weighted by Gasteiger charge is -2.36. The molecule has 1 aromatic carbocycles. The molecule has 1 fully saturated rings. The predicted molar refractivity (Wildman–Crippen MR) is 123 cm³/mol. The minimum atomic E-state index is -0.571. The molecule has 1 amide bonds. The van der Waals surface area contributed by atoms with Crippen LogP contribution in [0.15, 0.2) is 22.8 Å². The van der Waals surface area contributed by atoms with Gasteiger partial charge < -0.3 is 14.5 Å². The summed E-state index contributed by atoms with van der Waals surface area (Å²) in [6.07, 6.45) is 2.35. The third-order valence-corrected chi connectivity index (χ3v) is 5.50. The van der Waals surface area contributed by atoms with Gasteiger partial charge in [-0.25, -0.2) is 9.78 Å². The third-order valence-electron chi connectivity index (χ3n) is 4.31. The van der Waals surface area contributed by atoms with Crippen molar-refractivity contribution < 1.29 is 14.5 Å². The Labute approximate surface area is 193 Å². The molecule has 0 N–H and O–H groups in total. The topological polar surface area (TPSA) is 88.8 Å². The molecule has 0 unspecified atom stereocenters. The lowest BCUT2D eigenvalue weighted by molar-refractivity contribution is -0.384. The summed E-state index contributed by atoms with van der Waals surface area (Å²) in [5.41, 5.74) is 0.412. The van der Waals surface area contributed by atoms with Gasteiger partial charge in [-0.05, 0) is 48.8 Å². The van der Waals surface area contributed by atoms with Crippen LogP contribution in [0.1, 0.15) is 20.8 Å². The normalized spacial score (nSPS) is 14.2. The summed E-state index contributed by atoms with van der Waals surface area (Å²) in [4.78, 5) is 31.1. The molecule has 0 spiro atoms. The van der Waals surface area contributed by atoms with E-state index in [2.05, 4.69) is 32.5 Å². The van der Waals surface area contributed by atoms with Crippen molar-refractivity contribution >= 4 is 67.5 Å². The number of fused-ring (bicyclic) bond motifs is 1. The lowest BCUT2D eigenvalue weighted by atomic mass is 10.1.